The van der Waals surface area contributed by atoms with Crippen LogP contribution in [-0.2, 0) is 4.79 Å². The van der Waals surface area contributed by atoms with E-state index < -0.39 is 0 Å². The van der Waals surface area contributed by atoms with E-state index in [0.29, 0.717) is 0 Å². The molecule has 1 aromatic carbocycles. The number of hydrogen-bond donors (Lipinski definition) is 2. The van der Waals surface area contributed by atoms with Gasteiger partial charge in [0.1, 0.15) is 0 Å². The SMILES string of the molecule is C[C@H](NC(C)(C)C)C(=O)Nc1cccc(Br)c1. The molecule has 0 aliphatic carbocycles. The van der Waals surface area contributed by atoms with Crippen molar-refractivity contribution >= 4 is 27.5 Å². The van der Waals surface area contributed by atoms with E-state index in [4.69, 9.17) is 0 Å². The first-order valence-corrected chi connectivity index (χ1v) is 6.41. The minimum absolute atomic E-state index is 0.0296. The van der Waals surface area contributed by atoms with E-state index in [2.05, 4.69) is 26.6 Å². The Balaban J connectivity index is 2.60. The summed E-state index contributed by atoms with van der Waals surface area (Å²) in [5.74, 6) is -0.0296. The van der Waals surface area contributed by atoms with E-state index in [-0.39, 0.29) is 17.5 Å². The number of benzene rings is 1. The van der Waals surface area contributed by atoms with Crippen LogP contribution in [0.1, 0.15) is 27.7 Å². The second kappa shape index (κ2) is 5.65. The van der Waals surface area contributed by atoms with Gasteiger partial charge in [0.2, 0.25) is 5.91 Å². The lowest BCUT2D eigenvalue weighted by molar-refractivity contribution is -0.118. The molecular formula is C13H19BrN2O. The second-order valence-electron chi connectivity index (χ2n) is 5.12. The topological polar surface area (TPSA) is 41.1 Å². The molecule has 0 bridgehead atoms. The highest BCUT2D eigenvalue weighted by Crippen LogP contribution is 2.15. The van der Waals surface area contributed by atoms with Crippen LogP contribution in [0, 0.1) is 0 Å². The zero-order chi connectivity index (χ0) is 13.1. The molecule has 3 nitrogen and oxygen atoms in total. The lowest BCUT2D eigenvalue weighted by Gasteiger charge is -2.25. The highest BCUT2D eigenvalue weighted by atomic mass is 79.9. The summed E-state index contributed by atoms with van der Waals surface area (Å²) in [5, 5.41) is 6.10. The highest BCUT2D eigenvalue weighted by Gasteiger charge is 2.19. The number of halogens is 1. The van der Waals surface area contributed by atoms with Crippen molar-refractivity contribution in [1.82, 2.24) is 5.32 Å². The molecule has 1 atom stereocenters. The summed E-state index contributed by atoms with van der Waals surface area (Å²) < 4.78 is 0.951. The summed E-state index contributed by atoms with van der Waals surface area (Å²) in [6.07, 6.45) is 0. The van der Waals surface area contributed by atoms with Crippen molar-refractivity contribution in [2.45, 2.75) is 39.3 Å². The number of rotatable bonds is 3. The van der Waals surface area contributed by atoms with Gasteiger partial charge in [0.25, 0.3) is 0 Å². The van der Waals surface area contributed by atoms with Crippen molar-refractivity contribution < 1.29 is 4.79 Å². The predicted molar refractivity (Wildman–Crippen MR) is 75.1 cm³/mol. The van der Waals surface area contributed by atoms with Crippen LogP contribution in [0.15, 0.2) is 28.7 Å². The Labute approximate surface area is 111 Å². The molecule has 17 heavy (non-hydrogen) atoms. The lowest BCUT2D eigenvalue weighted by Crippen LogP contribution is -2.47. The maximum atomic E-state index is 11.9. The van der Waals surface area contributed by atoms with Crippen molar-refractivity contribution in [3.05, 3.63) is 28.7 Å². The maximum Gasteiger partial charge on any atom is 0.241 e. The van der Waals surface area contributed by atoms with E-state index in [0.717, 1.165) is 10.2 Å². The zero-order valence-corrected chi connectivity index (χ0v) is 12.3. The monoisotopic (exact) mass is 298 g/mol. The van der Waals surface area contributed by atoms with Gasteiger partial charge < -0.3 is 10.6 Å². The minimum atomic E-state index is -0.228. The van der Waals surface area contributed by atoms with Crippen molar-refractivity contribution in [3.8, 4) is 0 Å². The summed E-state index contributed by atoms with van der Waals surface area (Å²) in [6, 6.07) is 7.33. The van der Waals surface area contributed by atoms with Crippen LogP contribution in [0.4, 0.5) is 5.69 Å². The number of carbonyl (C=O) groups excluding carboxylic acids is 1. The lowest BCUT2D eigenvalue weighted by atomic mass is 10.1. The van der Waals surface area contributed by atoms with Crippen molar-refractivity contribution in [1.29, 1.82) is 0 Å². The second-order valence-corrected chi connectivity index (χ2v) is 6.03. The highest BCUT2D eigenvalue weighted by molar-refractivity contribution is 9.10. The van der Waals surface area contributed by atoms with Gasteiger partial charge >= 0.3 is 0 Å². The first kappa shape index (κ1) is 14.2. The number of amides is 1. The first-order valence-electron chi connectivity index (χ1n) is 5.62. The Hall–Kier alpha value is -0.870. The maximum absolute atomic E-state index is 11.9. The normalized spacial score (nSPS) is 13.2. The Kier molecular flexibility index (Phi) is 4.71. The molecule has 0 unspecified atom stereocenters. The fraction of sp³-hybridized carbons (Fsp3) is 0.462. The third-order valence-corrected chi connectivity index (χ3v) is 2.63. The average Bonchev–Trinajstić information content (AvgIpc) is 2.14. The third kappa shape index (κ3) is 5.33. The molecule has 0 heterocycles. The van der Waals surface area contributed by atoms with Gasteiger partial charge in [-0.3, -0.25) is 4.79 Å². The van der Waals surface area contributed by atoms with Gasteiger partial charge in [0.05, 0.1) is 6.04 Å². The van der Waals surface area contributed by atoms with Crippen LogP contribution in [-0.4, -0.2) is 17.5 Å². The number of anilines is 1. The Bertz CT molecular complexity index is 399. The molecule has 0 aromatic heterocycles. The molecule has 0 aliphatic rings. The molecule has 1 amide bonds. The molecule has 0 fully saturated rings. The van der Waals surface area contributed by atoms with Crippen LogP contribution < -0.4 is 10.6 Å². The van der Waals surface area contributed by atoms with Crippen molar-refractivity contribution in [2.75, 3.05) is 5.32 Å². The smallest absolute Gasteiger partial charge is 0.241 e. The van der Waals surface area contributed by atoms with Crippen LogP contribution in [0.3, 0.4) is 0 Å². The third-order valence-electron chi connectivity index (χ3n) is 2.13. The molecule has 0 aliphatic heterocycles. The minimum Gasteiger partial charge on any atom is -0.325 e. The molecule has 4 heteroatoms. The van der Waals surface area contributed by atoms with E-state index >= 15 is 0 Å². The summed E-state index contributed by atoms with van der Waals surface area (Å²) in [6.45, 7) is 7.97. The first-order chi connectivity index (χ1) is 7.78. The largest absolute Gasteiger partial charge is 0.325 e. The van der Waals surface area contributed by atoms with E-state index in [9.17, 15) is 4.79 Å². The summed E-state index contributed by atoms with van der Waals surface area (Å²) >= 11 is 3.37. The van der Waals surface area contributed by atoms with Crippen LogP contribution >= 0.6 is 15.9 Å². The molecular weight excluding hydrogens is 280 g/mol. The van der Waals surface area contributed by atoms with Gasteiger partial charge in [-0.05, 0) is 45.9 Å². The van der Waals surface area contributed by atoms with E-state index in [1.807, 2.05) is 52.0 Å². The van der Waals surface area contributed by atoms with Gasteiger partial charge in [-0.1, -0.05) is 22.0 Å². The molecule has 1 aromatic rings. The fourth-order valence-electron chi connectivity index (χ4n) is 1.53. The standard InChI is InChI=1S/C13H19BrN2O/c1-9(16-13(2,3)4)12(17)15-11-7-5-6-10(14)8-11/h5-9,16H,1-4H3,(H,15,17)/t9-/m0/s1. The van der Waals surface area contributed by atoms with Gasteiger partial charge in [0.15, 0.2) is 0 Å². The van der Waals surface area contributed by atoms with Crippen molar-refractivity contribution in [2.24, 2.45) is 0 Å². The Morgan fingerprint density at radius 2 is 2.00 bits per heavy atom. The quantitative estimate of drug-likeness (QED) is 0.900. The van der Waals surface area contributed by atoms with Gasteiger partial charge in [-0.15, -0.1) is 0 Å². The molecule has 0 radical (unpaired) electrons. The predicted octanol–water partition coefficient (Wildman–Crippen LogP) is 3.16. The number of hydrogen-bond acceptors (Lipinski definition) is 2. The zero-order valence-electron chi connectivity index (χ0n) is 10.7. The summed E-state index contributed by atoms with van der Waals surface area (Å²) in [4.78, 5) is 11.9. The Morgan fingerprint density at radius 1 is 1.35 bits per heavy atom. The van der Waals surface area contributed by atoms with Gasteiger partial charge in [-0.25, -0.2) is 0 Å². The molecule has 0 spiro atoms. The Morgan fingerprint density at radius 3 is 2.53 bits per heavy atom. The summed E-state index contributed by atoms with van der Waals surface area (Å²) in [5.41, 5.74) is 0.723. The molecule has 0 saturated carbocycles. The van der Waals surface area contributed by atoms with Crippen LogP contribution in [0.2, 0.25) is 0 Å². The molecule has 0 saturated heterocycles. The fourth-order valence-corrected chi connectivity index (χ4v) is 1.93. The van der Waals surface area contributed by atoms with E-state index in [1.54, 1.807) is 0 Å². The van der Waals surface area contributed by atoms with Crippen LogP contribution in [0.25, 0.3) is 0 Å². The van der Waals surface area contributed by atoms with Crippen molar-refractivity contribution in [3.63, 3.8) is 0 Å². The van der Waals surface area contributed by atoms with Gasteiger partial charge in [-0.2, -0.15) is 0 Å². The molecule has 1 rings (SSSR count). The van der Waals surface area contributed by atoms with E-state index in [1.165, 1.54) is 0 Å². The number of carbonyl (C=O) groups is 1. The van der Waals surface area contributed by atoms with Crippen LogP contribution in [0.5, 0.6) is 0 Å². The number of nitrogens with one attached hydrogen (secondary N) is 2. The summed E-state index contributed by atoms with van der Waals surface area (Å²) in [7, 11) is 0. The molecule has 94 valence electrons. The average molecular weight is 299 g/mol. The molecule has 2 N–H and O–H groups in total. The van der Waals surface area contributed by atoms with Gasteiger partial charge in [0, 0.05) is 15.7 Å².